The van der Waals surface area contributed by atoms with Crippen molar-refractivity contribution in [1.82, 2.24) is 10.2 Å². The van der Waals surface area contributed by atoms with Gasteiger partial charge in [-0.2, -0.15) is 0 Å². The van der Waals surface area contributed by atoms with Crippen LogP contribution < -0.4 is 5.32 Å². The number of nitrogens with zero attached hydrogens (tertiary/aromatic N) is 2. The van der Waals surface area contributed by atoms with E-state index < -0.39 is 5.60 Å². The Bertz CT molecular complexity index is 360. The molecule has 0 aromatic rings. The summed E-state index contributed by atoms with van der Waals surface area (Å²) in [6.45, 7) is 6.26. The van der Waals surface area contributed by atoms with Gasteiger partial charge in [0.15, 0.2) is 5.96 Å². The lowest BCUT2D eigenvalue weighted by molar-refractivity contribution is -0.0449. The Morgan fingerprint density at radius 2 is 2.13 bits per heavy atom. The van der Waals surface area contributed by atoms with Crippen LogP contribution in [0.15, 0.2) is 4.99 Å². The molecule has 0 aromatic heterocycles. The van der Waals surface area contributed by atoms with Gasteiger partial charge in [0, 0.05) is 26.7 Å². The lowest BCUT2D eigenvalue weighted by Gasteiger charge is -2.36. The number of nitrogens with one attached hydrogen (secondary N) is 1. The van der Waals surface area contributed by atoms with E-state index in [9.17, 15) is 5.11 Å². The molecule has 0 amide bonds. The lowest BCUT2D eigenvalue weighted by atomic mass is 9.85. The van der Waals surface area contributed by atoms with Crippen molar-refractivity contribution in [3.8, 4) is 0 Å². The van der Waals surface area contributed by atoms with Crippen LogP contribution in [0, 0.1) is 0 Å². The van der Waals surface area contributed by atoms with Crippen LogP contribution in [0.3, 0.4) is 0 Å². The Labute approximate surface area is 157 Å². The number of ether oxygens (including phenoxy) is 2. The van der Waals surface area contributed by atoms with E-state index in [2.05, 4.69) is 17.1 Å². The number of guanidine groups is 1. The minimum absolute atomic E-state index is 0. The molecule has 0 bridgehead atoms. The highest BCUT2D eigenvalue weighted by Crippen LogP contribution is 2.28. The Morgan fingerprint density at radius 3 is 2.78 bits per heavy atom. The van der Waals surface area contributed by atoms with E-state index in [1.165, 1.54) is 6.42 Å². The van der Waals surface area contributed by atoms with Gasteiger partial charge in [-0.3, -0.25) is 4.99 Å². The first-order valence-electron chi connectivity index (χ1n) is 8.53. The molecule has 2 fully saturated rings. The van der Waals surface area contributed by atoms with Gasteiger partial charge in [0.1, 0.15) is 0 Å². The number of morpholine rings is 1. The number of halogens is 1. The summed E-state index contributed by atoms with van der Waals surface area (Å²) in [5.41, 5.74) is -0.614. The Morgan fingerprint density at radius 1 is 1.39 bits per heavy atom. The fraction of sp³-hybridized carbons (Fsp3) is 0.938. The molecule has 0 aromatic carbocycles. The summed E-state index contributed by atoms with van der Waals surface area (Å²) < 4.78 is 10.9. The zero-order valence-electron chi connectivity index (χ0n) is 14.4. The van der Waals surface area contributed by atoms with E-state index in [1.54, 1.807) is 7.11 Å². The molecule has 2 rings (SSSR count). The fourth-order valence-corrected chi connectivity index (χ4v) is 3.21. The molecule has 6 nitrogen and oxygen atoms in total. The summed E-state index contributed by atoms with van der Waals surface area (Å²) in [5, 5.41) is 14.0. The second-order valence-corrected chi connectivity index (χ2v) is 6.35. The van der Waals surface area contributed by atoms with Crippen molar-refractivity contribution in [2.45, 2.75) is 50.7 Å². The maximum absolute atomic E-state index is 10.6. The Balaban J connectivity index is 0.00000264. The number of aliphatic hydroxyl groups is 1. The zero-order chi connectivity index (χ0) is 15.8. The molecule has 1 atom stereocenters. The molecule has 1 unspecified atom stereocenters. The molecule has 23 heavy (non-hydrogen) atoms. The summed E-state index contributed by atoms with van der Waals surface area (Å²) >= 11 is 0. The number of rotatable bonds is 5. The Hall–Kier alpha value is -0.120. The van der Waals surface area contributed by atoms with Gasteiger partial charge in [0.05, 0.1) is 31.5 Å². The minimum Gasteiger partial charge on any atom is -0.388 e. The van der Waals surface area contributed by atoms with Gasteiger partial charge in [-0.25, -0.2) is 0 Å². The second kappa shape index (κ2) is 10.7. The maximum atomic E-state index is 10.6. The molecule has 136 valence electrons. The molecule has 2 aliphatic rings. The highest BCUT2D eigenvalue weighted by Gasteiger charge is 2.30. The standard InChI is InChI=1S/C16H31N3O3.HI/c1-3-17-15(18-13-16(20)7-5-4-6-8-16)19-9-10-22-14(11-19)12-21-2;/h14,20H,3-13H2,1-2H3,(H,17,18);1H. The van der Waals surface area contributed by atoms with Crippen LogP contribution in [0.5, 0.6) is 0 Å². The van der Waals surface area contributed by atoms with Crippen molar-refractivity contribution in [1.29, 1.82) is 0 Å². The smallest absolute Gasteiger partial charge is 0.194 e. The van der Waals surface area contributed by atoms with Gasteiger partial charge >= 0.3 is 0 Å². The van der Waals surface area contributed by atoms with Crippen LogP contribution in [0.2, 0.25) is 0 Å². The largest absolute Gasteiger partial charge is 0.388 e. The summed E-state index contributed by atoms with van der Waals surface area (Å²) in [5.74, 6) is 0.880. The van der Waals surface area contributed by atoms with E-state index in [-0.39, 0.29) is 30.1 Å². The quantitative estimate of drug-likeness (QED) is 0.386. The third-order valence-corrected chi connectivity index (χ3v) is 4.43. The van der Waals surface area contributed by atoms with Crippen molar-refractivity contribution in [3.63, 3.8) is 0 Å². The summed E-state index contributed by atoms with van der Waals surface area (Å²) in [6, 6.07) is 0. The van der Waals surface area contributed by atoms with Crippen LogP contribution >= 0.6 is 24.0 Å². The summed E-state index contributed by atoms with van der Waals surface area (Å²) in [4.78, 5) is 6.92. The lowest BCUT2D eigenvalue weighted by Crippen LogP contribution is -2.52. The van der Waals surface area contributed by atoms with E-state index >= 15 is 0 Å². The highest BCUT2D eigenvalue weighted by atomic mass is 127. The van der Waals surface area contributed by atoms with Crippen LogP contribution in [0.4, 0.5) is 0 Å². The molecule has 1 aliphatic carbocycles. The van der Waals surface area contributed by atoms with Crippen molar-refractivity contribution in [3.05, 3.63) is 0 Å². The topological polar surface area (TPSA) is 66.3 Å². The van der Waals surface area contributed by atoms with Crippen molar-refractivity contribution in [2.24, 2.45) is 4.99 Å². The fourth-order valence-electron chi connectivity index (χ4n) is 3.21. The average Bonchev–Trinajstić information content (AvgIpc) is 2.53. The van der Waals surface area contributed by atoms with E-state index in [0.29, 0.717) is 19.8 Å². The molecular formula is C16H32IN3O3. The minimum atomic E-state index is -0.614. The molecule has 1 saturated carbocycles. The van der Waals surface area contributed by atoms with Gasteiger partial charge in [0.2, 0.25) is 0 Å². The highest BCUT2D eigenvalue weighted by molar-refractivity contribution is 14.0. The van der Waals surface area contributed by atoms with Crippen LogP contribution in [-0.4, -0.2) is 74.2 Å². The van der Waals surface area contributed by atoms with Crippen molar-refractivity contribution in [2.75, 3.05) is 46.5 Å². The van der Waals surface area contributed by atoms with E-state index in [0.717, 1.165) is 51.3 Å². The summed E-state index contributed by atoms with van der Waals surface area (Å²) in [7, 11) is 1.69. The van der Waals surface area contributed by atoms with Gasteiger partial charge in [-0.1, -0.05) is 19.3 Å². The van der Waals surface area contributed by atoms with E-state index in [4.69, 9.17) is 14.5 Å². The third kappa shape index (κ3) is 6.72. The molecule has 2 N–H and O–H groups in total. The van der Waals surface area contributed by atoms with Crippen molar-refractivity contribution >= 4 is 29.9 Å². The molecule has 0 radical (unpaired) electrons. The van der Waals surface area contributed by atoms with Crippen molar-refractivity contribution < 1.29 is 14.6 Å². The molecule has 7 heteroatoms. The second-order valence-electron chi connectivity index (χ2n) is 6.35. The molecular weight excluding hydrogens is 409 g/mol. The normalized spacial score (nSPS) is 24.9. The predicted octanol–water partition coefficient (Wildman–Crippen LogP) is 1.61. The monoisotopic (exact) mass is 441 g/mol. The summed E-state index contributed by atoms with van der Waals surface area (Å²) in [6.07, 6.45) is 5.26. The maximum Gasteiger partial charge on any atom is 0.194 e. The van der Waals surface area contributed by atoms with Crippen LogP contribution in [-0.2, 0) is 9.47 Å². The van der Waals surface area contributed by atoms with E-state index in [1.807, 2.05) is 0 Å². The number of methoxy groups -OCH3 is 1. The molecule has 1 aliphatic heterocycles. The SMILES string of the molecule is CCNC(=NCC1(O)CCCCC1)N1CCOC(COC)C1.I. The molecule has 1 saturated heterocycles. The average molecular weight is 441 g/mol. The van der Waals surface area contributed by atoms with Gasteiger partial charge in [-0.05, 0) is 19.8 Å². The third-order valence-electron chi connectivity index (χ3n) is 4.43. The first-order valence-corrected chi connectivity index (χ1v) is 8.53. The zero-order valence-corrected chi connectivity index (χ0v) is 16.8. The van der Waals surface area contributed by atoms with Crippen LogP contribution in [0.1, 0.15) is 39.0 Å². The number of hydrogen-bond acceptors (Lipinski definition) is 4. The van der Waals surface area contributed by atoms with Gasteiger partial charge in [-0.15, -0.1) is 24.0 Å². The first kappa shape index (κ1) is 20.9. The van der Waals surface area contributed by atoms with Gasteiger partial charge in [0.25, 0.3) is 0 Å². The molecule has 1 heterocycles. The number of aliphatic imine (C=N–C) groups is 1. The Kier molecular flexibility index (Phi) is 9.72. The van der Waals surface area contributed by atoms with Crippen LogP contribution in [0.25, 0.3) is 0 Å². The first-order chi connectivity index (χ1) is 10.7. The predicted molar refractivity (Wildman–Crippen MR) is 103 cm³/mol. The number of hydrogen-bond donors (Lipinski definition) is 2. The van der Waals surface area contributed by atoms with Gasteiger partial charge < -0.3 is 24.8 Å². The molecule has 0 spiro atoms.